The smallest absolute Gasteiger partial charge is 0.129 e. The van der Waals surface area contributed by atoms with E-state index >= 15 is 0 Å². The van der Waals surface area contributed by atoms with Gasteiger partial charge in [0.15, 0.2) is 0 Å². The van der Waals surface area contributed by atoms with Crippen molar-refractivity contribution in [2.45, 2.75) is 45.8 Å². The molecule has 0 aliphatic heterocycles. The number of nitrogens with zero attached hydrogens (tertiary/aromatic N) is 1. The molecule has 0 unspecified atom stereocenters. The molecule has 0 aliphatic rings. The van der Waals surface area contributed by atoms with Crippen molar-refractivity contribution < 1.29 is 4.74 Å². The summed E-state index contributed by atoms with van der Waals surface area (Å²) in [6.07, 6.45) is 5.84. The van der Waals surface area contributed by atoms with Crippen LogP contribution < -0.4 is 10.5 Å². The fraction of sp³-hybridized carbons (Fsp3) is 0.500. The van der Waals surface area contributed by atoms with Crippen molar-refractivity contribution in [3.05, 3.63) is 30.5 Å². The lowest BCUT2D eigenvalue weighted by molar-refractivity contribution is 0.245. The Bertz CT molecular complexity index is 516. The third-order valence-corrected chi connectivity index (χ3v) is 3.24. The van der Waals surface area contributed by atoms with E-state index in [9.17, 15) is 0 Å². The highest BCUT2D eigenvalue weighted by molar-refractivity contribution is 5.86. The molecular formula is C16H24N2O. The van der Waals surface area contributed by atoms with Crippen LogP contribution in [0.3, 0.4) is 0 Å². The average Bonchev–Trinajstić information content (AvgIpc) is 2.79. The van der Waals surface area contributed by atoms with Crippen LogP contribution in [0.2, 0.25) is 0 Å². The molecule has 1 aromatic carbocycles. The number of hydrogen-bond donors (Lipinski definition) is 1. The van der Waals surface area contributed by atoms with Crippen molar-refractivity contribution >= 4 is 10.9 Å². The van der Waals surface area contributed by atoms with E-state index in [2.05, 4.69) is 42.8 Å². The lowest BCUT2D eigenvalue weighted by atomic mass is 10.2. The summed E-state index contributed by atoms with van der Waals surface area (Å²) in [5.41, 5.74) is 6.78. The molecule has 0 bridgehead atoms. The molecule has 2 rings (SSSR count). The summed E-state index contributed by atoms with van der Waals surface area (Å²) < 4.78 is 8.16. The van der Waals surface area contributed by atoms with Gasteiger partial charge in [0.2, 0.25) is 0 Å². The van der Waals surface area contributed by atoms with Crippen LogP contribution in [-0.2, 0) is 6.54 Å². The largest absolute Gasteiger partial charge is 0.490 e. The minimum absolute atomic E-state index is 0.207. The summed E-state index contributed by atoms with van der Waals surface area (Å²) >= 11 is 0. The normalized spacial score (nSPS) is 11.4. The van der Waals surface area contributed by atoms with Crippen molar-refractivity contribution in [1.82, 2.24) is 4.57 Å². The fourth-order valence-electron chi connectivity index (χ4n) is 2.35. The van der Waals surface area contributed by atoms with Gasteiger partial charge in [0.1, 0.15) is 5.75 Å². The van der Waals surface area contributed by atoms with Crippen LogP contribution in [0, 0.1) is 0 Å². The first-order chi connectivity index (χ1) is 9.22. The molecule has 104 valence electrons. The van der Waals surface area contributed by atoms with E-state index in [4.69, 9.17) is 10.5 Å². The highest BCUT2D eigenvalue weighted by Gasteiger charge is 2.07. The zero-order valence-corrected chi connectivity index (χ0v) is 11.9. The van der Waals surface area contributed by atoms with Crippen molar-refractivity contribution in [3.63, 3.8) is 0 Å². The third-order valence-electron chi connectivity index (χ3n) is 3.24. The van der Waals surface area contributed by atoms with Crippen LogP contribution in [-0.4, -0.2) is 17.2 Å². The first kappa shape index (κ1) is 13.9. The molecule has 0 aliphatic carbocycles. The Morgan fingerprint density at radius 3 is 2.74 bits per heavy atom. The second-order valence-electron chi connectivity index (χ2n) is 5.21. The number of nitrogens with two attached hydrogens (primary N) is 1. The molecule has 2 N–H and O–H groups in total. The number of benzene rings is 1. The topological polar surface area (TPSA) is 40.2 Å². The van der Waals surface area contributed by atoms with Gasteiger partial charge in [-0.2, -0.15) is 0 Å². The number of hydrogen-bond acceptors (Lipinski definition) is 2. The molecule has 0 fully saturated rings. The first-order valence-corrected chi connectivity index (χ1v) is 7.17. The van der Waals surface area contributed by atoms with E-state index < -0.39 is 0 Å². The number of aromatic nitrogens is 1. The summed E-state index contributed by atoms with van der Waals surface area (Å²) in [4.78, 5) is 0. The van der Waals surface area contributed by atoms with Gasteiger partial charge in [-0.15, -0.1) is 0 Å². The maximum Gasteiger partial charge on any atom is 0.129 e. The molecule has 3 heteroatoms. The number of rotatable bonds is 7. The van der Waals surface area contributed by atoms with Gasteiger partial charge in [-0.05, 0) is 51.4 Å². The average molecular weight is 260 g/mol. The van der Waals surface area contributed by atoms with Crippen LogP contribution in [0.1, 0.15) is 33.1 Å². The number of aryl methyl sites for hydroxylation is 1. The predicted octanol–water partition coefficient (Wildman–Crippen LogP) is 3.56. The van der Waals surface area contributed by atoms with Crippen molar-refractivity contribution in [3.8, 4) is 5.75 Å². The van der Waals surface area contributed by atoms with Crippen LogP contribution in [0.5, 0.6) is 5.75 Å². The van der Waals surface area contributed by atoms with Crippen LogP contribution in [0.25, 0.3) is 10.9 Å². The second kappa shape index (κ2) is 6.62. The zero-order chi connectivity index (χ0) is 13.7. The number of ether oxygens (including phenoxy) is 1. The lowest BCUT2D eigenvalue weighted by Crippen LogP contribution is -2.05. The molecule has 1 aromatic heterocycles. The monoisotopic (exact) mass is 260 g/mol. The molecule has 0 spiro atoms. The molecule has 19 heavy (non-hydrogen) atoms. The molecule has 1 heterocycles. The van der Waals surface area contributed by atoms with E-state index in [0.29, 0.717) is 0 Å². The Hall–Kier alpha value is -1.48. The predicted molar refractivity (Wildman–Crippen MR) is 80.6 cm³/mol. The summed E-state index contributed by atoms with van der Waals surface area (Å²) in [5, 5.41) is 1.20. The van der Waals surface area contributed by atoms with Gasteiger partial charge in [0, 0.05) is 18.1 Å². The van der Waals surface area contributed by atoms with E-state index in [0.717, 1.165) is 25.3 Å². The van der Waals surface area contributed by atoms with E-state index in [1.807, 2.05) is 6.07 Å². The van der Waals surface area contributed by atoms with Gasteiger partial charge in [0.05, 0.1) is 11.6 Å². The molecule has 3 nitrogen and oxygen atoms in total. The molecule has 0 saturated heterocycles. The molecule has 2 aromatic rings. The summed E-state index contributed by atoms with van der Waals surface area (Å²) in [5.74, 6) is 0.980. The Labute approximate surface area is 115 Å². The molecule has 0 saturated carbocycles. The van der Waals surface area contributed by atoms with Gasteiger partial charge >= 0.3 is 0 Å². The van der Waals surface area contributed by atoms with Crippen LogP contribution >= 0.6 is 0 Å². The highest BCUT2D eigenvalue weighted by Crippen LogP contribution is 2.27. The highest BCUT2D eigenvalue weighted by atomic mass is 16.5. The summed E-state index contributed by atoms with van der Waals surface area (Å²) in [7, 11) is 0. The second-order valence-corrected chi connectivity index (χ2v) is 5.21. The molecule has 0 atom stereocenters. The SMILES string of the molecule is CC(C)Oc1cccc2c1ccn2CCCCCN. The van der Waals surface area contributed by atoms with Gasteiger partial charge < -0.3 is 15.0 Å². The van der Waals surface area contributed by atoms with Gasteiger partial charge in [-0.1, -0.05) is 12.5 Å². The third kappa shape index (κ3) is 3.51. The van der Waals surface area contributed by atoms with E-state index in [1.165, 1.54) is 23.7 Å². The van der Waals surface area contributed by atoms with E-state index in [-0.39, 0.29) is 6.10 Å². The van der Waals surface area contributed by atoms with Gasteiger partial charge in [-0.25, -0.2) is 0 Å². The fourth-order valence-corrected chi connectivity index (χ4v) is 2.35. The van der Waals surface area contributed by atoms with Crippen LogP contribution in [0.15, 0.2) is 30.5 Å². The number of fused-ring (bicyclic) bond motifs is 1. The maximum atomic E-state index is 5.85. The first-order valence-electron chi connectivity index (χ1n) is 7.17. The Kier molecular flexibility index (Phi) is 4.86. The van der Waals surface area contributed by atoms with E-state index in [1.54, 1.807) is 0 Å². The van der Waals surface area contributed by atoms with Crippen molar-refractivity contribution in [1.29, 1.82) is 0 Å². The minimum Gasteiger partial charge on any atom is -0.490 e. The summed E-state index contributed by atoms with van der Waals surface area (Å²) in [6.45, 7) is 5.96. The lowest BCUT2D eigenvalue weighted by Gasteiger charge is -2.11. The quantitative estimate of drug-likeness (QED) is 0.773. The standard InChI is InChI=1S/C16H24N2O/c1-13(2)19-16-8-6-7-15-14(16)9-12-18(15)11-5-3-4-10-17/h6-9,12-13H,3-5,10-11,17H2,1-2H3. The van der Waals surface area contributed by atoms with Crippen LogP contribution in [0.4, 0.5) is 0 Å². The molecule has 0 radical (unpaired) electrons. The number of unbranched alkanes of at least 4 members (excludes halogenated alkanes) is 2. The van der Waals surface area contributed by atoms with Crippen molar-refractivity contribution in [2.24, 2.45) is 5.73 Å². The Balaban J connectivity index is 2.14. The Morgan fingerprint density at radius 1 is 1.16 bits per heavy atom. The van der Waals surface area contributed by atoms with Gasteiger partial charge in [-0.3, -0.25) is 0 Å². The zero-order valence-electron chi connectivity index (χ0n) is 11.9. The Morgan fingerprint density at radius 2 is 2.00 bits per heavy atom. The van der Waals surface area contributed by atoms with Gasteiger partial charge in [0.25, 0.3) is 0 Å². The van der Waals surface area contributed by atoms with Crippen molar-refractivity contribution in [2.75, 3.05) is 6.54 Å². The minimum atomic E-state index is 0.207. The maximum absolute atomic E-state index is 5.85. The summed E-state index contributed by atoms with van der Waals surface area (Å²) in [6, 6.07) is 8.42. The molecule has 0 amide bonds. The molecular weight excluding hydrogens is 236 g/mol.